The lowest BCUT2D eigenvalue weighted by atomic mass is 10.3. The van der Waals surface area contributed by atoms with Crippen molar-refractivity contribution in [3.05, 3.63) is 41.4 Å². The second-order valence-electron chi connectivity index (χ2n) is 3.45. The molecule has 1 aliphatic heterocycles. The summed E-state index contributed by atoms with van der Waals surface area (Å²) in [6, 6.07) is 9.36. The van der Waals surface area contributed by atoms with E-state index in [2.05, 4.69) is 0 Å². The highest BCUT2D eigenvalue weighted by Gasteiger charge is 2.27. The number of benzene rings is 1. The van der Waals surface area contributed by atoms with E-state index in [4.69, 9.17) is 0 Å². The van der Waals surface area contributed by atoms with Crippen LogP contribution in [0.4, 0.5) is 5.69 Å². The van der Waals surface area contributed by atoms with Gasteiger partial charge in [-0.2, -0.15) is 0 Å². The molecule has 0 atom stereocenters. The van der Waals surface area contributed by atoms with Gasteiger partial charge in [0.2, 0.25) is 5.91 Å². The number of hydrogen-bond acceptors (Lipinski definition) is 3. The Morgan fingerprint density at radius 2 is 2.06 bits per heavy atom. The maximum absolute atomic E-state index is 11.7. The van der Waals surface area contributed by atoms with Crippen LogP contribution in [0.2, 0.25) is 0 Å². The van der Waals surface area contributed by atoms with Gasteiger partial charge < -0.3 is 0 Å². The molecule has 3 nitrogen and oxygen atoms in total. The lowest BCUT2D eigenvalue weighted by Crippen LogP contribution is -2.23. The molecule has 0 bridgehead atoms. The van der Waals surface area contributed by atoms with Gasteiger partial charge in [-0.25, -0.2) is 0 Å². The Morgan fingerprint density at radius 3 is 2.69 bits per heavy atom. The van der Waals surface area contributed by atoms with E-state index in [1.165, 1.54) is 24.8 Å². The van der Waals surface area contributed by atoms with E-state index in [9.17, 15) is 9.59 Å². The summed E-state index contributed by atoms with van der Waals surface area (Å²) in [4.78, 5) is 24.4. The Morgan fingerprint density at radius 1 is 1.38 bits per heavy atom. The smallest absolute Gasteiger partial charge is 0.242 e. The van der Waals surface area contributed by atoms with Crippen molar-refractivity contribution < 1.29 is 9.59 Å². The molecule has 1 saturated heterocycles. The molecule has 4 heteroatoms. The van der Waals surface area contributed by atoms with Crippen molar-refractivity contribution in [2.45, 2.75) is 6.92 Å². The van der Waals surface area contributed by atoms with Crippen molar-refractivity contribution >= 4 is 29.1 Å². The van der Waals surface area contributed by atoms with Gasteiger partial charge in [-0.1, -0.05) is 30.0 Å². The Bertz CT molecular complexity index is 453. The second kappa shape index (κ2) is 4.53. The van der Waals surface area contributed by atoms with E-state index in [1.54, 1.807) is 4.90 Å². The number of nitrogens with zero attached hydrogens (tertiary/aromatic N) is 1. The minimum Gasteiger partial charge on any atom is -0.295 e. The summed E-state index contributed by atoms with van der Waals surface area (Å²) in [7, 11) is 0. The third kappa shape index (κ3) is 2.17. The second-order valence-corrected chi connectivity index (χ2v) is 4.44. The lowest BCUT2D eigenvalue weighted by molar-refractivity contribution is -0.115. The zero-order valence-corrected chi connectivity index (χ0v) is 9.66. The number of anilines is 1. The summed E-state index contributed by atoms with van der Waals surface area (Å²) in [6.07, 6.45) is 1.50. The van der Waals surface area contributed by atoms with Crippen LogP contribution in [0.3, 0.4) is 0 Å². The molecule has 1 aliphatic rings. The summed E-state index contributed by atoms with van der Waals surface area (Å²) in [6.45, 7) is 1.49. The number of rotatable bonds is 2. The summed E-state index contributed by atoms with van der Waals surface area (Å²) in [5.74, 6) is 0.371. The van der Waals surface area contributed by atoms with Gasteiger partial charge in [-0.3, -0.25) is 14.5 Å². The van der Waals surface area contributed by atoms with Gasteiger partial charge in [0.15, 0.2) is 5.78 Å². The van der Waals surface area contributed by atoms with E-state index in [0.29, 0.717) is 10.8 Å². The largest absolute Gasteiger partial charge is 0.295 e. The summed E-state index contributed by atoms with van der Waals surface area (Å²) in [5.41, 5.74) is 0.810. The first-order valence-electron chi connectivity index (χ1n) is 4.91. The first-order chi connectivity index (χ1) is 7.68. The fourth-order valence-electron chi connectivity index (χ4n) is 1.52. The SMILES string of the molecule is CC(=O)/C=C1/SCC(=O)N1c1ccccc1. The van der Waals surface area contributed by atoms with Crippen LogP contribution < -0.4 is 4.90 Å². The van der Waals surface area contributed by atoms with Crippen molar-refractivity contribution in [1.29, 1.82) is 0 Å². The monoisotopic (exact) mass is 233 g/mol. The van der Waals surface area contributed by atoms with Gasteiger partial charge in [0.05, 0.1) is 10.8 Å². The van der Waals surface area contributed by atoms with Crippen molar-refractivity contribution in [1.82, 2.24) is 0 Å². The Labute approximate surface area is 98.1 Å². The quantitative estimate of drug-likeness (QED) is 0.735. The molecular formula is C12H11NO2S. The van der Waals surface area contributed by atoms with Crippen molar-refractivity contribution in [3.8, 4) is 0 Å². The molecule has 1 amide bonds. The number of thioether (sulfide) groups is 1. The number of para-hydroxylation sites is 1. The molecule has 1 heterocycles. The maximum Gasteiger partial charge on any atom is 0.242 e. The number of carbonyl (C=O) groups is 2. The Hall–Kier alpha value is -1.55. The number of amides is 1. The van der Waals surface area contributed by atoms with Gasteiger partial charge in [0, 0.05) is 11.8 Å². The van der Waals surface area contributed by atoms with Gasteiger partial charge >= 0.3 is 0 Å². The summed E-state index contributed by atoms with van der Waals surface area (Å²) < 4.78 is 0. The normalized spacial score (nSPS) is 18.2. The third-order valence-electron chi connectivity index (χ3n) is 2.15. The first-order valence-corrected chi connectivity index (χ1v) is 5.90. The van der Waals surface area contributed by atoms with Crippen LogP contribution in [0.1, 0.15) is 6.92 Å². The minimum absolute atomic E-state index is 0.0173. The highest BCUT2D eigenvalue weighted by Crippen LogP contribution is 2.33. The first kappa shape index (κ1) is 11.0. The molecule has 1 aromatic carbocycles. The van der Waals surface area contributed by atoms with E-state index in [0.717, 1.165) is 5.69 Å². The molecular weight excluding hydrogens is 222 g/mol. The van der Waals surface area contributed by atoms with Crippen LogP contribution in [0.25, 0.3) is 0 Å². The zero-order chi connectivity index (χ0) is 11.5. The molecule has 0 aromatic heterocycles. The van der Waals surface area contributed by atoms with Gasteiger partial charge in [0.25, 0.3) is 0 Å². The molecule has 1 aromatic rings. The molecule has 0 unspecified atom stereocenters. The standard InChI is InChI=1S/C12H11NO2S/c1-9(14)7-12-13(11(15)8-16-12)10-5-3-2-4-6-10/h2-7H,8H2,1H3/b12-7+. The molecule has 2 rings (SSSR count). The fraction of sp³-hybridized carbons (Fsp3) is 0.167. The minimum atomic E-state index is -0.0434. The van der Waals surface area contributed by atoms with Crippen LogP contribution in [0, 0.1) is 0 Å². The Balaban J connectivity index is 2.37. The van der Waals surface area contributed by atoms with Crippen LogP contribution in [-0.2, 0) is 9.59 Å². The Kier molecular flexibility index (Phi) is 3.10. The highest BCUT2D eigenvalue weighted by atomic mass is 32.2. The van der Waals surface area contributed by atoms with Crippen LogP contribution >= 0.6 is 11.8 Å². The average Bonchev–Trinajstić information content (AvgIpc) is 2.60. The van der Waals surface area contributed by atoms with E-state index in [1.807, 2.05) is 30.3 Å². The van der Waals surface area contributed by atoms with Crippen LogP contribution in [0.15, 0.2) is 41.4 Å². The molecule has 0 spiro atoms. The van der Waals surface area contributed by atoms with Crippen molar-refractivity contribution in [2.24, 2.45) is 0 Å². The van der Waals surface area contributed by atoms with Crippen LogP contribution in [0.5, 0.6) is 0 Å². The van der Waals surface area contributed by atoms with E-state index in [-0.39, 0.29) is 11.7 Å². The van der Waals surface area contributed by atoms with E-state index >= 15 is 0 Å². The lowest BCUT2D eigenvalue weighted by Gasteiger charge is -2.16. The highest BCUT2D eigenvalue weighted by molar-refractivity contribution is 8.04. The number of allylic oxidation sites excluding steroid dienone is 1. The molecule has 0 radical (unpaired) electrons. The predicted molar refractivity (Wildman–Crippen MR) is 65.2 cm³/mol. The summed E-state index contributed by atoms with van der Waals surface area (Å²) >= 11 is 1.40. The molecule has 0 aliphatic carbocycles. The van der Waals surface area contributed by atoms with Gasteiger partial charge in [-0.05, 0) is 19.1 Å². The molecule has 1 fully saturated rings. The van der Waals surface area contributed by atoms with Crippen molar-refractivity contribution in [2.75, 3.05) is 10.7 Å². The molecule has 16 heavy (non-hydrogen) atoms. The molecule has 0 N–H and O–H groups in total. The van der Waals surface area contributed by atoms with E-state index < -0.39 is 0 Å². The predicted octanol–water partition coefficient (Wildman–Crippen LogP) is 2.20. The topological polar surface area (TPSA) is 37.4 Å². The molecule has 82 valence electrons. The maximum atomic E-state index is 11.7. The fourth-order valence-corrected chi connectivity index (χ4v) is 2.50. The third-order valence-corrected chi connectivity index (χ3v) is 3.14. The number of ketones is 1. The van der Waals surface area contributed by atoms with Crippen molar-refractivity contribution in [3.63, 3.8) is 0 Å². The van der Waals surface area contributed by atoms with Gasteiger partial charge in [-0.15, -0.1) is 0 Å². The number of carbonyl (C=O) groups excluding carboxylic acids is 2. The molecule has 0 saturated carbocycles. The zero-order valence-electron chi connectivity index (χ0n) is 8.84. The average molecular weight is 233 g/mol. The van der Waals surface area contributed by atoms with Crippen LogP contribution in [-0.4, -0.2) is 17.4 Å². The van der Waals surface area contributed by atoms with Gasteiger partial charge in [0.1, 0.15) is 0 Å². The summed E-state index contributed by atoms with van der Waals surface area (Å²) in [5, 5.41) is 0.712. The number of hydrogen-bond donors (Lipinski definition) is 0.